The normalized spacial score (nSPS) is 10.6. The molecule has 8 nitrogen and oxygen atoms in total. The first-order chi connectivity index (χ1) is 14.1. The Morgan fingerprint density at radius 3 is 2.70 bits per heavy atom. The van der Waals surface area contributed by atoms with Crippen LogP contribution in [0.15, 0.2) is 41.3 Å². The van der Waals surface area contributed by atoms with E-state index in [-0.39, 0.29) is 23.6 Å². The molecule has 2 aromatic carbocycles. The first-order valence-electron chi connectivity index (χ1n) is 8.46. The van der Waals surface area contributed by atoms with Crippen LogP contribution < -0.4 is 4.72 Å². The molecule has 0 radical (unpaired) electrons. The molecule has 2 rings (SSSR count). The quantitative estimate of drug-likeness (QED) is 0.223. The van der Waals surface area contributed by atoms with Gasteiger partial charge in [0, 0.05) is 23.9 Å². The molecule has 2 aromatic rings. The first kappa shape index (κ1) is 23.1. The van der Waals surface area contributed by atoms with Gasteiger partial charge in [-0.05, 0) is 36.8 Å². The Morgan fingerprint density at radius 2 is 2.03 bits per heavy atom. The van der Waals surface area contributed by atoms with Crippen molar-refractivity contribution in [2.45, 2.75) is 24.2 Å². The molecule has 1 N–H and O–H groups in total. The van der Waals surface area contributed by atoms with Crippen LogP contribution in [-0.4, -0.2) is 26.4 Å². The van der Waals surface area contributed by atoms with Gasteiger partial charge in [-0.2, -0.15) is 4.39 Å². The van der Waals surface area contributed by atoms with Gasteiger partial charge < -0.3 is 4.74 Å². The fraction of sp³-hybridized carbons (Fsp3) is 0.211. The van der Waals surface area contributed by atoms with Crippen LogP contribution in [0, 0.1) is 27.8 Å². The maximum atomic E-state index is 13.5. The fourth-order valence-corrected chi connectivity index (χ4v) is 3.56. The Kier molecular flexibility index (Phi) is 7.74. The number of nitro groups is 1. The Morgan fingerprint density at radius 1 is 1.30 bits per heavy atom. The number of halogens is 2. The summed E-state index contributed by atoms with van der Waals surface area (Å²) in [7, 11) is -2.98. The van der Waals surface area contributed by atoms with Crippen molar-refractivity contribution in [3.63, 3.8) is 0 Å². The molecule has 0 aliphatic carbocycles. The zero-order valence-electron chi connectivity index (χ0n) is 15.6. The second kappa shape index (κ2) is 10.0. The molecule has 0 bridgehead atoms. The Bertz CT molecular complexity index is 1140. The number of nitrogens with one attached hydrogen (secondary N) is 1. The van der Waals surface area contributed by atoms with E-state index in [2.05, 4.69) is 21.3 Å². The minimum atomic E-state index is -4.26. The number of nitrogens with zero attached hydrogens (tertiary/aromatic N) is 1. The van der Waals surface area contributed by atoms with Crippen molar-refractivity contribution < 1.29 is 27.3 Å². The van der Waals surface area contributed by atoms with Gasteiger partial charge in [0.2, 0.25) is 5.82 Å². The molecular weight excluding hydrogens is 439 g/mol. The minimum absolute atomic E-state index is 0.0897. The van der Waals surface area contributed by atoms with E-state index in [1.165, 1.54) is 25.3 Å². The number of nitro benzene ring substituents is 1. The van der Waals surface area contributed by atoms with E-state index in [1.54, 1.807) is 0 Å². The summed E-state index contributed by atoms with van der Waals surface area (Å²) in [6, 6.07) is 6.52. The molecule has 0 atom stereocenters. The highest BCUT2D eigenvalue weighted by Gasteiger charge is 2.22. The van der Waals surface area contributed by atoms with E-state index in [0.717, 1.165) is 6.07 Å². The smallest absolute Gasteiger partial charge is 0.306 e. The average molecular weight is 455 g/mol. The molecule has 0 amide bonds. The molecule has 0 fully saturated rings. The van der Waals surface area contributed by atoms with Gasteiger partial charge in [0.05, 0.1) is 28.2 Å². The van der Waals surface area contributed by atoms with Gasteiger partial charge in [0.25, 0.3) is 10.0 Å². The number of rotatable bonds is 7. The van der Waals surface area contributed by atoms with Crippen molar-refractivity contribution >= 4 is 39.0 Å². The maximum Gasteiger partial charge on any atom is 0.306 e. The second-order valence-corrected chi connectivity index (χ2v) is 8.02. The van der Waals surface area contributed by atoms with Crippen molar-refractivity contribution in [1.29, 1.82) is 0 Å². The van der Waals surface area contributed by atoms with Gasteiger partial charge in [0.1, 0.15) is 0 Å². The van der Waals surface area contributed by atoms with E-state index < -0.39 is 31.3 Å². The zero-order chi connectivity index (χ0) is 22.3. The lowest BCUT2D eigenvalue weighted by molar-refractivity contribution is -0.387. The van der Waals surface area contributed by atoms with E-state index in [1.807, 2.05) is 0 Å². The van der Waals surface area contributed by atoms with Crippen LogP contribution in [0.25, 0.3) is 0 Å². The van der Waals surface area contributed by atoms with Crippen LogP contribution in [0.5, 0.6) is 0 Å². The lowest BCUT2D eigenvalue weighted by atomic mass is 10.1. The second-order valence-electron chi connectivity index (χ2n) is 5.90. The SMILES string of the molecule is COC(=O)CCCC#Cc1cc(Cl)ccc1NS(=O)(=O)c1ccc(F)c([N+](=O)[O-])c1. The summed E-state index contributed by atoms with van der Waals surface area (Å²) in [6.07, 6.45) is 1.02. The van der Waals surface area contributed by atoms with Crippen molar-refractivity contribution in [1.82, 2.24) is 0 Å². The van der Waals surface area contributed by atoms with Crippen LogP contribution in [0.3, 0.4) is 0 Å². The number of unbranched alkanes of at least 4 members (excludes halogenated alkanes) is 1. The number of hydrogen-bond acceptors (Lipinski definition) is 6. The third kappa shape index (κ3) is 6.17. The number of benzene rings is 2. The predicted molar refractivity (Wildman–Crippen MR) is 108 cm³/mol. The van der Waals surface area contributed by atoms with Crippen molar-refractivity contribution in [3.05, 3.63) is 62.9 Å². The highest BCUT2D eigenvalue weighted by Crippen LogP contribution is 2.26. The van der Waals surface area contributed by atoms with Gasteiger partial charge in [-0.15, -0.1) is 0 Å². The number of carbonyl (C=O) groups excluding carboxylic acids is 1. The number of sulfonamides is 1. The molecule has 30 heavy (non-hydrogen) atoms. The Balaban J connectivity index is 2.27. The molecular formula is C19H16ClFN2O6S. The molecule has 0 aliphatic rings. The summed E-state index contributed by atoms with van der Waals surface area (Å²) in [5.41, 5.74) is -0.604. The molecule has 0 unspecified atom stereocenters. The largest absolute Gasteiger partial charge is 0.469 e. The van der Waals surface area contributed by atoms with Crippen LogP contribution in [0.1, 0.15) is 24.8 Å². The van der Waals surface area contributed by atoms with Gasteiger partial charge in [-0.25, -0.2) is 8.42 Å². The minimum Gasteiger partial charge on any atom is -0.469 e. The maximum absolute atomic E-state index is 13.5. The van der Waals surface area contributed by atoms with Gasteiger partial charge in [-0.3, -0.25) is 19.6 Å². The molecule has 11 heteroatoms. The van der Waals surface area contributed by atoms with E-state index in [9.17, 15) is 27.7 Å². The number of anilines is 1. The van der Waals surface area contributed by atoms with E-state index >= 15 is 0 Å². The first-order valence-corrected chi connectivity index (χ1v) is 10.3. The zero-order valence-corrected chi connectivity index (χ0v) is 17.2. The summed E-state index contributed by atoms with van der Waals surface area (Å²) in [4.78, 5) is 20.5. The lowest BCUT2D eigenvalue weighted by Gasteiger charge is -2.10. The summed E-state index contributed by atoms with van der Waals surface area (Å²) in [6.45, 7) is 0. The molecule has 0 aromatic heterocycles. The van der Waals surface area contributed by atoms with Crippen LogP contribution in [-0.2, 0) is 19.6 Å². The molecule has 0 aliphatic heterocycles. The third-order valence-electron chi connectivity index (χ3n) is 3.78. The molecule has 0 saturated carbocycles. The van der Waals surface area contributed by atoms with Crippen LogP contribution in [0.4, 0.5) is 15.8 Å². The standard InChI is InChI=1S/C19H16ClFN2O6S/c1-29-19(24)6-4-2-3-5-13-11-14(20)7-10-17(13)22-30(27,28)15-8-9-16(21)18(12-15)23(25)26/h7-12,22H,2,4,6H2,1H3. The number of ether oxygens (including phenoxy) is 1. The van der Waals surface area contributed by atoms with E-state index in [0.29, 0.717) is 30.0 Å². The topological polar surface area (TPSA) is 116 Å². The van der Waals surface area contributed by atoms with Crippen molar-refractivity contribution in [2.24, 2.45) is 0 Å². The number of methoxy groups -OCH3 is 1. The summed E-state index contributed by atoms with van der Waals surface area (Å²) in [5, 5.41) is 11.2. The van der Waals surface area contributed by atoms with Crippen LogP contribution >= 0.6 is 11.6 Å². The van der Waals surface area contributed by atoms with Gasteiger partial charge in [0.15, 0.2) is 0 Å². The van der Waals surface area contributed by atoms with Gasteiger partial charge >= 0.3 is 11.7 Å². The number of carbonyl (C=O) groups is 1. The van der Waals surface area contributed by atoms with Crippen molar-refractivity contribution in [2.75, 3.05) is 11.8 Å². The van der Waals surface area contributed by atoms with Crippen LogP contribution in [0.2, 0.25) is 5.02 Å². The average Bonchev–Trinajstić information content (AvgIpc) is 2.69. The molecule has 0 heterocycles. The Hall–Kier alpha value is -3.16. The van der Waals surface area contributed by atoms with Gasteiger partial charge in [-0.1, -0.05) is 23.4 Å². The Labute approximate surface area is 177 Å². The summed E-state index contributed by atoms with van der Waals surface area (Å²) in [5.74, 6) is 4.08. The fourth-order valence-electron chi connectivity index (χ4n) is 2.29. The molecule has 0 spiro atoms. The number of hydrogen-bond donors (Lipinski definition) is 1. The van der Waals surface area contributed by atoms with Crippen molar-refractivity contribution in [3.8, 4) is 11.8 Å². The van der Waals surface area contributed by atoms with E-state index in [4.69, 9.17) is 11.6 Å². The predicted octanol–water partition coefficient (Wildman–Crippen LogP) is 3.88. The summed E-state index contributed by atoms with van der Waals surface area (Å²) >= 11 is 5.96. The highest BCUT2D eigenvalue weighted by molar-refractivity contribution is 7.92. The monoisotopic (exact) mass is 454 g/mol. The third-order valence-corrected chi connectivity index (χ3v) is 5.38. The highest BCUT2D eigenvalue weighted by atomic mass is 35.5. The molecule has 158 valence electrons. The number of esters is 1. The molecule has 0 saturated heterocycles. The lowest BCUT2D eigenvalue weighted by Crippen LogP contribution is -2.14. The summed E-state index contributed by atoms with van der Waals surface area (Å²) < 4.78 is 45.5.